The Morgan fingerprint density at radius 3 is 2.10 bits per heavy atom. The van der Waals surface area contributed by atoms with Gasteiger partial charge in [0, 0.05) is 13.0 Å². The van der Waals surface area contributed by atoms with Crippen LogP contribution in [0.4, 0.5) is 4.79 Å². The molecule has 7 heteroatoms. The molecule has 222 valence electrons. The molecule has 5 rings (SSSR count). The molecule has 1 fully saturated rings. The van der Waals surface area contributed by atoms with E-state index in [0.717, 1.165) is 24.8 Å². The minimum atomic E-state index is -1.96. The van der Waals surface area contributed by atoms with E-state index in [0.29, 0.717) is 38.2 Å². The van der Waals surface area contributed by atoms with Crippen LogP contribution in [0.15, 0.2) is 103 Å². The van der Waals surface area contributed by atoms with E-state index in [4.69, 9.17) is 18.6 Å². The predicted molar refractivity (Wildman–Crippen MR) is 168 cm³/mol. The molecule has 1 amide bonds. The molecule has 1 saturated heterocycles. The number of amides is 1. The van der Waals surface area contributed by atoms with Gasteiger partial charge in [-0.1, -0.05) is 116 Å². The Kier molecular flexibility index (Phi) is 11.0. The Morgan fingerprint density at radius 1 is 0.905 bits per heavy atom. The van der Waals surface area contributed by atoms with Crippen LogP contribution >= 0.6 is 0 Å². The zero-order chi connectivity index (χ0) is 29.1. The highest BCUT2D eigenvalue weighted by Crippen LogP contribution is 2.31. The Morgan fingerprint density at radius 2 is 1.50 bits per heavy atom. The van der Waals surface area contributed by atoms with Crippen LogP contribution in [0, 0.1) is 11.8 Å². The molecular formula is C35H43NO5Si. The number of carbonyl (C=O) groups excluding carboxylic acids is 1. The average Bonchev–Trinajstić information content (AvgIpc) is 3.67. The smallest absolute Gasteiger partial charge is 0.410 e. The first-order chi connectivity index (χ1) is 20.5. The van der Waals surface area contributed by atoms with Gasteiger partial charge < -0.3 is 18.6 Å². The van der Waals surface area contributed by atoms with E-state index in [9.17, 15) is 4.79 Å². The zero-order valence-corrected chi connectivity index (χ0v) is 25.9. The van der Waals surface area contributed by atoms with Gasteiger partial charge in [0.05, 0.1) is 25.9 Å². The fraction of sp³-hybridized carbons (Fsp3) is 0.400. The molecule has 3 aromatic carbocycles. The zero-order valence-electron chi connectivity index (χ0n) is 24.8. The summed E-state index contributed by atoms with van der Waals surface area (Å²) in [6.45, 7) is 7.06. The number of hydrogen-bond acceptors (Lipinski definition) is 5. The normalized spacial score (nSPS) is 18.0. The Bertz CT molecular complexity index is 1220. The number of benzene rings is 3. The second-order valence-corrected chi connectivity index (χ2v) is 14.1. The molecule has 2 heterocycles. The van der Waals surface area contributed by atoms with Crippen LogP contribution in [0.1, 0.15) is 38.7 Å². The first kappa shape index (κ1) is 30.2. The lowest BCUT2D eigenvalue weighted by Crippen LogP contribution is -2.48. The van der Waals surface area contributed by atoms with Gasteiger partial charge in [0.25, 0.3) is 0 Å². The largest absolute Gasteiger partial charge is 0.445 e. The van der Waals surface area contributed by atoms with E-state index in [1.807, 2.05) is 47.4 Å². The Hall–Kier alpha value is -3.23. The van der Waals surface area contributed by atoms with Crippen molar-refractivity contribution in [2.45, 2.75) is 52.0 Å². The fourth-order valence-electron chi connectivity index (χ4n) is 5.97. The number of rotatable bonds is 13. The van der Waals surface area contributed by atoms with Crippen molar-refractivity contribution < 1.29 is 23.4 Å². The summed E-state index contributed by atoms with van der Waals surface area (Å²) in [5.74, 6) is 0.977. The summed E-state index contributed by atoms with van der Waals surface area (Å²) < 4.78 is 24.2. The molecule has 2 atom stereocenters. The molecule has 0 aromatic heterocycles. The molecule has 6 nitrogen and oxygen atoms in total. The number of nitrogens with zero attached hydrogens (tertiary/aromatic N) is 1. The molecule has 0 spiro atoms. The van der Waals surface area contributed by atoms with Crippen molar-refractivity contribution in [2.75, 3.05) is 26.4 Å². The lowest BCUT2D eigenvalue weighted by Gasteiger charge is -2.27. The minimum absolute atomic E-state index is 0.134. The summed E-state index contributed by atoms with van der Waals surface area (Å²) >= 11 is 0. The third-order valence-electron chi connectivity index (χ3n) is 7.85. The van der Waals surface area contributed by atoms with Crippen molar-refractivity contribution in [3.63, 3.8) is 0 Å². The van der Waals surface area contributed by atoms with Crippen molar-refractivity contribution in [1.82, 2.24) is 4.90 Å². The predicted octanol–water partition coefficient (Wildman–Crippen LogP) is 5.30. The topological polar surface area (TPSA) is 57.2 Å². The van der Waals surface area contributed by atoms with E-state index in [2.05, 4.69) is 68.5 Å². The SMILES string of the molecule is CC(C)C[C@@H](CC1=C[C@@H](CO[SiH](c2ccccc2)c2ccccc2)N(C(=O)OCc2ccccc2)C1)CC1OCCO1. The Labute approximate surface area is 252 Å². The molecule has 0 N–H and O–H groups in total. The highest BCUT2D eigenvalue weighted by Gasteiger charge is 2.33. The van der Waals surface area contributed by atoms with Crippen LogP contribution in [0.3, 0.4) is 0 Å². The van der Waals surface area contributed by atoms with Gasteiger partial charge in [-0.3, -0.25) is 4.90 Å². The lowest BCUT2D eigenvalue weighted by molar-refractivity contribution is -0.0583. The minimum Gasteiger partial charge on any atom is -0.445 e. The maximum absolute atomic E-state index is 13.5. The van der Waals surface area contributed by atoms with Crippen LogP contribution in [0.5, 0.6) is 0 Å². The third kappa shape index (κ3) is 8.64. The van der Waals surface area contributed by atoms with Gasteiger partial charge in [-0.15, -0.1) is 0 Å². The van der Waals surface area contributed by atoms with Crippen LogP contribution in [0.2, 0.25) is 0 Å². The first-order valence-electron chi connectivity index (χ1n) is 15.2. The summed E-state index contributed by atoms with van der Waals surface area (Å²) in [5, 5.41) is 2.44. The molecule has 2 aliphatic heterocycles. The van der Waals surface area contributed by atoms with Crippen LogP contribution in [-0.2, 0) is 25.2 Å². The summed E-state index contributed by atoms with van der Waals surface area (Å²) in [6.07, 6.45) is 4.65. The number of carbonyl (C=O) groups is 1. The lowest BCUT2D eigenvalue weighted by atomic mass is 9.88. The molecule has 42 heavy (non-hydrogen) atoms. The van der Waals surface area contributed by atoms with E-state index in [1.54, 1.807) is 0 Å². The second-order valence-electron chi connectivity index (χ2n) is 11.7. The molecule has 2 aliphatic rings. The van der Waals surface area contributed by atoms with Crippen molar-refractivity contribution >= 4 is 25.5 Å². The molecule has 0 bridgehead atoms. The third-order valence-corrected chi connectivity index (χ3v) is 10.4. The summed E-state index contributed by atoms with van der Waals surface area (Å²) in [7, 11) is -1.96. The van der Waals surface area contributed by atoms with Crippen molar-refractivity contribution in [2.24, 2.45) is 11.8 Å². The summed E-state index contributed by atoms with van der Waals surface area (Å²) in [5.41, 5.74) is 2.22. The summed E-state index contributed by atoms with van der Waals surface area (Å²) in [4.78, 5) is 15.3. The molecule has 0 aliphatic carbocycles. The van der Waals surface area contributed by atoms with Crippen LogP contribution < -0.4 is 10.4 Å². The van der Waals surface area contributed by atoms with Crippen LogP contribution in [0.25, 0.3) is 0 Å². The van der Waals surface area contributed by atoms with Gasteiger partial charge in [-0.25, -0.2) is 4.79 Å². The second kappa shape index (κ2) is 15.3. The number of ether oxygens (including phenoxy) is 3. The standard InChI is InChI=1S/C35H43NO5Si/c1-27(2)20-29(23-34-38-18-19-39-34)21-30-22-31(36(24-30)35(37)40-25-28-12-6-3-7-13-28)26-41-42(32-14-8-4-9-15-32)33-16-10-5-11-17-33/h3-17,22,27,29,31,34,42H,18-21,23-26H2,1-2H3/t29-,31-/m0/s1. The molecular weight excluding hydrogens is 542 g/mol. The van der Waals surface area contributed by atoms with Crippen molar-refractivity contribution in [3.8, 4) is 0 Å². The summed E-state index contributed by atoms with van der Waals surface area (Å²) in [6, 6.07) is 30.6. The van der Waals surface area contributed by atoms with E-state index >= 15 is 0 Å². The fourth-order valence-corrected chi connectivity index (χ4v) is 8.28. The maximum atomic E-state index is 13.5. The number of hydrogen-bond donors (Lipinski definition) is 0. The molecule has 0 saturated carbocycles. The molecule has 3 aromatic rings. The molecule has 0 radical (unpaired) electrons. The van der Waals surface area contributed by atoms with Gasteiger partial charge >= 0.3 is 6.09 Å². The quantitative estimate of drug-likeness (QED) is 0.201. The van der Waals surface area contributed by atoms with Gasteiger partial charge in [0.15, 0.2) is 6.29 Å². The monoisotopic (exact) mass is 585 g/mol. The average molecular weight is 586 g/mol. The van der Waals surface area contributed by atoms with Gasteiger partial charge in [0.2, 0.25) is 9.04 Å². The van der Waals surface area contributed by atoms with E-state index < -0.39 is 9.04 Å². The van der Waals surface area contributed by atoms with Crippen molar-refractivity contribution in [1.29, 1.82) is 0 Å². The van der Waals surface area contributed by atoms with E-state index in [-0.39, 0.29) is 25.0 Å². The highest BCUT2D eigenvalue weighted by atomic mass is 28.3. The van der Waals surface area contributed by atoms with Gasteiger partial charge in [0.1, 0.15) is 6.61 Å². The Balaban J connectivity index is 1.32. The maximum Gasteiger partial charge on any atom is 0.410 e. The first-order valence-corrected chi connectivity index (χ1v) is 16.8. The van der Waals surface area contributed by atoms with Gasteiger partial charge in [-0.2, -0.15) is 0 Å². The highest BCUT2D eigenvalue weighted by molar-refractivity contribution is 6.80. The van der Waals surface area contributed by atoms with Gasteiger partial charge in [-0.05, 0) is 40.6 Å². The van der Waals surface area contributed by atoms with Crippen LogP contribution in [-0.4, -0.2) is 58.7 Å². The van der Waals surface area contributed by atoms with E-state index in [1.165, 1.54) is 15.9 Å². The molecule has 0 unspecified atom stereocenters. The van der Waals surface area contributed by atoms with Crippen molar-refractivity contribution in [3.05, 3.63) is 108 Å².